The van der Waals surface area contributed by atoms with Gasteiger partial charge in [-0.25, -0.2) is 13.8 Å². The SMILES string of the molecule is CCCNc1c(CC)c(C)nc2c(F)cc(C)c(F)c12. The van der Waals surface area contributed by atoms with E-state index in [2.05, 4.69) is 10.3 Å². The predicted octanol–water partition coefficient (Wildman–Crippen LogP) is 4.51. The van der Waals surface area contributed by atoms with Crippen LogP contribution in [0, 0.1) is 25.5 Å². The molecule has 1 N–H and O–H groups in total. The fraction of sp³-hybridized carbons (Fsp3) is 0.438. The lowest BCUT2D eigenvalue weighted by atomic mass is 10.0. The van der Waals surface area contributed by atoms with Gasteiger partial charge in [-0.05, 0) is 43.9 Å². The summed E-state index contributed by atoms with van der Waals surface area (Å²) < 4.78 is 28.6. The quantitative estimate of drug-likeness (QED) is 0.889. The summed E-state index contributed by atoms with van der Waals surface area (Å²) in [6.07, 6.45) is 1.65. The number of nitrogens with zero attached hydrogens (tertiary/aromatic N) is 1. The van der Waals surface area contributed by atoms with Crippen LogP contribution in [0.4, 0.5) is 14.5 Å². The largest absolute Gasteiger partial charge is 0.384 e. The molecule has 1 aromatic heterocycles. The lowest BCUT2D eigenvalue weighted by Gasteiger charge is -2.17. The third kappa shape index (κ3) is 2.35. The molecule has 0 amide bonds. The highest BCUT2D eigenvalue weighted by Gasteiger charge is 2.19. The molecular weight excluding hydrogens is 258 g/mol. The van der Waals surface area contributed by atoms with Gasteiger partial charge in [-0.2, -0.15) is 0 Å². The van der Waals surface area contributed by atoms with Gasteiger partial charge in [0.1, 0.15) is 17.2 Å². The molecule has 0 saturated carbocycles. The standard InChI is InChI=1S/C16H20F2N2/c1-5-7-19-15-11(6-2)10(4)20-16-12(17)8-9(3)14(18)13(15)16/h8H,5-7H2,1-4H3,(H,19,20). The monoisotopic (exact) mass is 278 g/mol. The van der Waals surface area contributed by atoms with Gasteiger partial charge in [-0.3, -0.25) is 0 Å². The molecule has 2 nitrogen and oxygen atoms in total. The van der Waals surface area contributed by atoms with E-state index >= 15 is 0 Å². The molecule has 20 heavy (non-hydrogen) atoms. The van der Waals surface area contributed by atoms with E-state index < -0.39 is 5.82 Å². The number of rotatable bonds is 4. The number of halogens is 2. The van der Waals surface area contributed by atoms with Gasteiger partial charge < -0.3 is 5.32 Å². The molecule has 1 aromatic carbocycles. The van der Waals surface area contributed by atoms with Crippen molar-refractivity contribution in [2.24, 2.45) is 0 Å². The van der Waals surface area contributed by atoms with E-state index in [-0.39, 0.29) is 16.7 Å². The molecule has 0 fully saturated rings. The van der Waals surface area contributed by atoms with Crippen molar-refractivity contribution in [2.45, 2.75) is 40.5 Å². The van der Waals surface area contributed by atoms with Crippen LogP contribution >= 0.6 is 0 Å². The Bertz CT molecular complexity index is 651. The lowest BCUT2D eigenvalue weighted by Crippen LogP contribution is -2.08. The van der Waals surface area contributed by atoms with E-state index in [1.807, 2.05) is 20.8 Å². The van der Waals surface area contributed by atoms with Crippen LogP contribution < -0.4 is 5.32 Å². The van der Waals surface area contributed by atoms with E-state index in [0.29, 0.717) is 11.3 Å². The zero-order chi connectivity index (χ0) is 14.9. The summed E-state index contributed by atoms with van der Waals surface area (Å²) in [6.45, 7) is 8.17. The molecule has 2 aromatic rings. The van der Waals surface area contributed by atoms with Gasteiger partial charge in [0.15, 0.2) is 0 Å². The van der Waals surface area contributed by atoms with Crippen LogP contribution in [0.25, 0.3) is 10.9 Å². The molecule has 0 unspecified atom stereocenters. The maximum Gasteiger partial charge on any atom is 0.149 e. The summed E-state index contributed by atoms with van der Waals surface area (Å²) in [7, 11) is 0. The predicted molar refractivity (Wildman–Crippen MR) is 79.3 cm³/mol. The van der Waals surface area contributed by atoms with Crippen molar-refractivity contribution in [3.63, 3.8) is 0 Å². The molecule has 0 radical (unpaired) electrons. The highest BCUT2D eigenvalue weighted by molar-refractivity contribution is 5.95. The molecular formula is C16H20F2N2. The molecule has 1 heterocycles. The Labute approximate surface area is 118 Å². The average molecular weight is 278 g/mol. The summed E-state index contributed by atoms with van der Waals surface area (Å²) >= 11 is 0. The first-order valence-corrected chi connectivity index (χ1v) is 7.02. The molecule has 0 saturated heterocycles. The Morgan fingerprint density at radius 3 is 2.50 bits per heavy atom. The minimum absolute atomic E-state index is 0.112. The zero-order valence-corrected chi connectivity index (χ0v) is 12.4. The van der Waals surface area contributed by atoms with Gasteiger partial charge >= 0.3 is 0 Å². The van der Waals surface area contributed by atoms with Crippen LogP contribution in [0.5, 0.6) is 0 Å². The maximum absolute atomic E-state index is 14.5. The van der Waals surface area contributed by atoms with Crippen LogP contribution in [0.15, 0.2) is 6.07 Å². The highest BCUT2D eigenvalue weighted by Crippen LogP contribution is 2.33. The molecule has 4 heteroatoms. The number of hydrogen-bond donors (Lipinski definition) is 1. The van der Waals surface area contributed by atoms with E-state index in [4.69, 9.17) is 0 Å². The van der Waals surface area contributed by atoms with Crippen molar-refractivity contribution in [3.05, 3.63) is 34.5 Å². The number of fused-ring (bicyclic) bond motifs is 1. The summed E-state index contributed by atoms with van der Waals surface area (Å²) in [5.41, 5.74) is 2.82. The number of anilines is 1. The first kappa shape index (κ1) is 14.7. The maximum atomic E-state index is 14.5. The number of nitrogens with one attached hydrogen (secondary N) is 1. The van der Waals surface area contributed by atoms with E-state index in [1.165, 1.54) is 6.07 Å². The van der Waals surface area contributed by atoms with Crippen molar-refractivity contribution in [3.8, 4) is 0 Å². The number of hydrogen-bond acceptors (Lipinski definition) is 2. The highest BCUT2D eigenvalue weighted by atomic mass is 19.1. The van der Waals surface area contributed by atoms with Crippen LogP contribution in [0.1, 0.15) is 37.1 Å². The van der Waals surface area contributed by atoms with Crippen molar-refractivity contribution < 1.29 is 8.78 Å². The average Bonchev–Trinajstić information content (AvgIpc) is 2.42. The molecule has 0 aliphatic carbocycles. The van der Waals surface area contributed by atoms with Gasteiger partial charge in [0.05, 0.1) is 11.1 Å². The van der Waals surface area contributed by atoms with Crippen LogP contribution in [0.2, 0.25) is 0 Å². The smallest absolute Gasteiger partial charge is 0.149 e. The Hall–Kier alpha value is -1.71. The molecule has 0 bridgehead atoms. The molecule has 2 rings (SSSR count). The van der Waals surface area contributed by atoms with Crippen LogP contribution in [-0.4, -0.2) is 11.5 Å². The normalized spacial score (nSPS) is 11.1. The Morgan fingerprint density at radius 1 is 1.20 bits per heavy atom. The van der Waals surface area contributed by atoms with Gasteiger partial charge in [0, 0.05) is 12.2 Å². The second kappa shape index (κ2) is 5.73. The molecule has 0 aliphatic rings. The minimum Gasteiger partial charge on any atom is -0.384 e. The van der Waals surface area contributed by atoms with Gasteiger partial charge in [-0.1, -0.05) is 13.8 Å². The van der Waals surface area contributed by atoms with Crippen molar-refractivity contribution in [1.82, 2.24) is 4.98 Å². The molecule has 0 spiro atoms. The number of pyridine rings is 1. The van der Waals surface area contributed by atoms with Crippen LogP contribution in [0.3, 0.4) is 0 Å². The first-order chi connectivity index (χ1) is 9.51. The third-order valence-corrected chi connectivity index (χ3v) is 3.55. The number of benzene rings is 1. The lowest BCUT2D eigenvalue weighted by molar-refractivity contribution is 0.607. The van der Waals surface area contributed by atoms with Gasteiger partial charge in [0.25, 0.3) is 0 Å². The molecule has 0 aliphatic heterocycles. The Kier molecular flexibility index (Phi) is 4.21. The van der Waals surface area contributed by atoms with Gasteiger partial charge in [-0.15, -0.1) is 0 Å². The summed E-state index contributed by atoms with van der Waals surface area (Å²) in [6, 6.07) is 1.21. The molecule has 108 valence electrons. The van der Waals surface area contributed by atoms with E-state index in [0.717, 1.165) is 30.6 Å². The number of aryl methyl sites for hydroxylation is 2. The molecule has 0 atom stereocenters. The van der Waals surface area contributed by atoms with Crippen LogP contribution in [-0.2, 0) is 6.42 Å². The third-order valence-electron chi connectivity index (χ3n) is 3.55. The minimum atomic E-state index is -0.468. The first-order valence-electron chi connectivity index (χ1n) is 7.02. The fourth-order valence-corrected chi connectivity index (χ4v) is 2.52. The Balaban J connectivity index is 2.87. The summed E-state index contributed by atoms with van der Waals surface area (Å²) in [5, 5.41) is 3.52. The van der Waals surface area contributed by atoms with E-state index in [1.54, 1.807) is 6.92 Å². The number of aromatic nitrogens is 1. The van der Waals surface area contributed by atoms with Gasteiger partial charge in [0.2, 0.25) is 0 Å². The van der Waals surface area contributed by atoms with E-state index in [9.17, 15) is 8.78 Å². The van der Waals surface area contributed by atoms with Crippen molar-refractivity contribution in [2.75, 3.05) is 11.9 Å². The topological polar surface area (TPSA) is 24.9 Å². The zero-order valence-electron chi connectivity index (χ0n) is 12.4. The second-order valence-corrected chi connectivity index (χ2v) is 5.04. The van der Waals surface area contributed by atoms with Crippen molar-refractivity contribution in [1.29, 1.82) is 0 Å². The summed E-state index contributed by atoms with van der Waals surface area (Å²) in [5.74, 6) is -0.855. The Morgan fingerprint density at radius 2 is 1.90 bits per heavy atom. The fourth-order valence-electron chi connectivity index (χ4n) is 2.52. The van der Waals surface area contributed by atoms with Crippen molar-refractivity contribution >= 4 is 16.6 Å². The second-order valence-electron chi connectivity index (χ2n) is 5.04. The summed E-state index contributed by atoms with van der Waals surface area (Å²) in [4.78, 5) is 4.26.